The van der Waals surface area contributed by atoms with Gasteiger partial charge in [0.1, 0.15) is 5.75 Å². The van der Waals surface area contributed by atoms with Crippen molar-refractivity contribution in [1.29, 1.82) is 0 Å². The van der Waals surface area contributed by atoms with Crippen LogP contribution < -0.4 is 15.7 Å². The lowest BCUT2D eigenvalue weighted by atomic mass is 10.1. The van der Waals surface area contributed by atoms with Gasteiger partial charge in [0.15, 0.2) is 0 Å². The van der Waals surface area contributed by atoms with E-state index in [1.807, 2.05) is 0 Å². The number of ether oxygens (including phenoxy) is 2. The Morgan fingerprint density at radius 1 is 1.26 bits per heavy atom. The van der Waals surface area contributed by atoms with Crippen LogP contribution in [0.4, 0.5) is 10.5 Å². The van der Waals surface area contributed by atoms with E-state index in [0.717, 1.165) is 30.3 Å². The summed E-state index contributed by atoms with van der Waals surface area (Å²) in [5.74, 6) is 0.521. The van der Waals surface area contributed by atoms with Gasteiger partial charge in [-0.3, -0.25) is 9.13 Å². The van der Waals surface area contributed by atoms with Crippen LogP contribution in [0.5, 0.6) is 5.75 Å². The fraction of sp³-hybridized carbons (Fsp3) is 0.579. The average molecular weight is 376 g/mol. The van der Waals surface area contributed by atoms with Crippen molar-refractivity contribution in [2.24, 2.45) is 14.1 Å². The lowest BCUT2D eigenvalue weighted by molar-refractivity contribution is 0.0115. The Balaban J connectivity index is 1.82. The number of piperidine rings is 1. The number of imidazole rings is 1. The number of carbonyl (C=O) groups excluding carboxylic acids is 1. The van der Waals surface area contributed by atoms with E-state index in [0.29, 0.717) is 31.1 Å². The standard InChI is InChI=1S/C19H28N4O4/c1-5-9-27-13-7-6-8-23(12-13)18(24)20-14-10-15-16(11-17(14)26-4)22(3)19(25)21(15)2/h10-11,13H,5-9,12H2,1-4H3,(H,20,24)/t13-/m1/s1. The summed E-state index contributed by atoms with van der Waals surface area (Å²) < 4.78 is 14.4. The molecule has 0 spiro atoms. The Morgan fingerprint density at radius 3 is 2.63 bits per heavy atom. The number of anilines is 1. The predicted molar refractivity (Wildman–Crippen MR) is 105 cm³/mol. The molecule has 0 saturated carbocycles. The fourth-order valence-corrected chi connectivity index (χ4v) is 3.53. The van der Waals surface area contributed by atoms with Crippen molar-refractivity contribution in [1.82, 2.24) is 14.0 Å². The minimum absolute atomic E-state index is 0.0868. The van der Waals surface area contributed by atoms with Gasteiger partial charge in [-0.15, -0.1) is 0 Å². The van der Waals surface area contributed by atoms with Gasteiger partial charge in [-0.2, -0.15) is 0 Å². The van der Waals surface area contributed by atoms with E-state index in [9.17, 15) is 9.59 Å². The zero-order valence-electron chi connectivity index (χ0n) is 16.4. The Kier molecular flexibility index (Phi) is 5.74. The molecule has 1 aromatic carbocycles. The van der Waals surface area contributed by atoms with Gasteiger partial charge in [-0.05, 0) is 25.3 Å². The second kappa shape index (κ2) is 8.04. The number of nitrogens with zero attached hydrogens (tertiary/aromatic N) is 3. The van der Waals surface area contributed by atoms with Gasteiger partial charge in [-0.1, -0.05) is 6.92 Å². The third-order valence-electron chi connectivity index (χ3n) is 5.06. The molecule has 148 valence electrons. The number of amides is 2. The number of aryl methyl sites for hydroxylation is 2. The number of carbonyl (C=O) groups is 1. The summed E-state index contributed by atoms with van der Waals surface area (Å²) in [6.07, 6.45) is 2.95. The summed E-state index contributed by atoms with van der Waals surface area (Å²) in [5.41, 5.74) is 1.92. The molecule has 2 heterocycles. The predicted octanol–water partition coefficient (Wildman–Crippen LogP) is 2.31. The number of benzene rings is 1. The number of likely N-dealkylation sites (tertiary alicyclic amines) is 1. The number of fused-ring (bicyclic) bond motifs is 1. The molecule has 27 heavy (non-hydrogen) atoms. The maximum atomic E-state index is 12.8. The molecule has 0 unspecified atom stereocenters. The summed E-state index contributed by atoms with van der Waals surface area (Å²) in [5, 5.41) is 2.94. The van der Waals surface area contributed by atoms with Crippen LogP contribution >= 0.6 is 0 Å². The Morgan fingerprint density at radius 2 is 1.96 bits per heavy atom. The van der Waals surface area contributed by atoms with Crippen LogP contribution in [0.15, 0.2) is 16.9 Å². The van der Waals surface area contributed by atoms with Gasteiger partial charge in [0.2, 0.25) is 0 Å². The lowest BCUT2D eigenvalue weighted by Crippen LogP contribution is -2.45. The summed E-state index contributed by atoms with van der Waals surface area (Å²) in [6, 6.07) is 3.37. The summed E-state index contributed by atoms with van der Waals surface area (Å²) in [4.78, 5) is 26.7. The van der Waals surface area contributed by atoms with Gasteiger partial charge in [0.05, 0.1) is 29.9 Å². The molecule has 1 aliphatic rings. The first-order valence-corrected chi connectivity index (χ1v) is 9.37. The first kappa shape index (κ1) is 19.3. The quantitative estimate of drug-likeness (QED) is 0.869. The first-order valence-electron chi connectivity index (χ1n) is 9.37. The van der Waals surface area contributed by atoms with Crippen LogP contribution in [0.1, 0.15) is 26.2 Å². The molecule has 1 atom stereocenters. The van der Waals surface area contributed by atoms with E-state index in [1.54, 1.807) is 47.4 Å². The highest BCUT2D eigenvalue weighted by atomic mass is 16.5. The number of hydrogen-bond acceptors (Lipinski definition) is 4. The zero-order valence-corrected chi connectivity index (χ0v) is 16.4. The Bertz CT molecular complexity index is 886. The SMILES string of the molecule is CCCO[C@@H]1CCCN(C(=O)Nc2cc3c(cc2OC)n(C)c(=O)n3C)C1. The Hall–Kier alpha value is -2.48. The zero-order chi connectivity index (χ0) is 19.6. The molecule has 8 nitrogen and oxygen atoms in total. The number of hydrogen-bond donors (Lipinski definition) is 1. The second-order valence-electron chi connectivity index (χ2n) is 6.95. The van der Waals surface area contributed by atoms with Gasteiger partial charge in [0, 0.05) is 39.9 Å². The van der Waals surface area contributed by atoms with E-state index in [1.165, 1.54) is 0 Å². The van der Waals surface area contributed by atoms with Gasteiger partial charge in [0.25, 0.3) is 0 Å². The van der Waals surface area contributed by atoms with Crippen molar-refractivity contribution in [2.45, 2.75) is 32.3 Å². The molecular formula is C19H28N4O4. The van der Waals surface area contributed by atoms with E-state index in [-0.39, 0.29) is 17.8 Å². The molecule has 1 N–H and O–H groups in total. The van der Waals surface area contributed by atoms with Crippen molar-refractivity contribution < 1.29 is 14.3 Å². The normalized spacial score (nSPS) is 17.3. The number of urea groups is 1. The number of aromatic nitrogens is 2. The molecule has 1 aromatic heterocycles. The minimum Gasteiger partial charge on any atom is -0.494 e. The summed E-state index contributed by atoms with van der Waals surface area (Å²) >= 11 is 0. The summed E-state index contributed by atoms with van der Waals surface area (Å²) in [6.45, 7) is 4.08. The van der Waals surface area contributed by atoms with E-state index in [2.05, 4.69) is 12.2 Å². The second-order valence-corrected chi connectivity index (χ2v) is 6.95. The van der Waals surface area contributed by atoms with Crippen LogP contribution in [-0.2, 0) is 18.8 Å². The molecule has 1 aliphatic heterocycles. The number of nitrogens with one attached hydrogen (secondary N) is 1. The highest BCUT2D eigenvalue weighted by molar-refractivity contribution is 5.94. The topological polar surface area (TPSA) is 77.7 Å². The van der Waals surface area contributed by atoms with Gasteiger partial charge < -0.3 is 19.7 Å². The molecule has 0 bridgehead atoms. The van der Waals surface area contributed by atoms with E-state index < -0.39 is 0 Å². The van der Waals surface area contributed by atoms with Crippen molar-refractivity contribution in [3.63, 3.8) is 0 Å². The van der Waals surface area contributed by atoms with Crippen molar-refractivity contribution >= 4 is 22.8 Å². The smallest absolute Gasteiger partial charge is 0.328 e. The maximum absolute atomic E-state index is 12.8. The average Bonchev–Trinajstić information content (AvgIpc) is 2.89. The van der Waals surface area contributed by atoms with Crippen LogP contribution in [0.3, 0.4) is 0 Å². The number of rotatable bonds is 5. The molecule has 2 aromatic rings. The lowest BCUT2D eigenvalue weighted by Gasteiger charge is -2.32. The van der Waals surface area contributed by atoms with Crippen molar-refractivity contribution in [2.75, 3.05) is 32.1 Å². The minimum atomic E-state index is -0.182. The van der Waals surface area contributed by atoms with Crippen LogP contribution in [-0.4, -0.2) is 53.0 Å². The van der Waals surface area contributed by atoms with Crippen LogP contribution in [0.25, 0.3) is 11.0 Å². The molecular weight excluding hydrogens is 348 g/mol. The third-order valence-corrected chi connectivity index (χ3v) is 5.06. The monoisotopic (exact) mass is 376 g/mol. The molecule has 0 radical (unpaired) electrons. The maximum Gasteiger partial charge on any atom is 0.328 e. The number of methoxy groups -OCH3 is 1. The third kappa shape index (κ3) is 3.80. The highest BCUT2D eigenvalue weighted by Crippen LogP contribution is 2.30. The summed E-state index contributed by atoms with van der Waals surface area (Å²) in [7, 11) is 4.98. The molecule has 3 rings (SSSR count). The molecule has 0 aliphatic carbocycles. The van der Waals surface area contributed by atoms with Crippen LogP contribution in [0, 0.1) is 0 Å². The highest BCUT2D eigenvalue weighted by Gasteiger charge is 2.25. The molecule has 8 heteroatoms. The van der Waals surface area contributed by atoms with Crippen molar-refractivity contribution in [3.05, 3.63) is 22.6 Å². The van der Waals surface area contributed by atoms with Gasteiger partial charge in [-0.25, -0.2) is 9.59 Å². The fourth-order valence-electron chi connectivity index (χ4n) is 3.53. The Labute approximate surface area is 158 Å². The van der Waals surface area contributed by atoms with Gasteiger partial charge >= 0.3 is 11.7 Å². The van der Waals surface area contributed by atoms with E-state index >= 15 is 0 Å². The molecule has 1 fully saturated rings. The van der Waals surface area contributed by atoms with Crippen LogP contribution in [0.2, 0.25) is 0 Å². The molecule has 1 saturated heterocycles. The van der Waals surface area contributed by atoms with Crippen molar-refractivity contribution in [3.8, 4) is 5.75 Å². The first-order chi connectivity index (χ1) is 13.0. The molecule has 2 amide bonds. The largest absolute Gasteiger partial charge is 0.494 e. The van der Waals surface area contributed by atoms with E-state index in [4.69, 9.17) is 9.47 Å².